The minimum absolute atomic E-state index is 0.142. The molecule has 0 saturated carbocycles. The molecule has 0 radical (unpaired) electrons. The molecule has 0 aliphatic carbocycles. The average molecular weight is 447 g/mol. The van der Waals surface area contributed by atoms with Gasteiger partial charge in [-0.15, -0.1) is 0 Å². The maximum atomic E-state index is 13.0. The summed E-state index contributed by atoms with van der Waals surface area (Å²) in [4.78, 5) is 12.7. The molecular formula is C23H30N2O5S. The maximum absolute atomic E-state index is 13.0. The highest BCUT2D eigenvalue weighted by Crippen LogP contribution is 2.30. The second-order valence-electron chi connectivity index (χ2n) is 7.66. The lowest BCUT2D eigenvalue weighted by Gasteiger charge is -2.26. The van der Waals surface area contributed by atoms with Crippen LogP contribution in [0.4, 0.5) is 5.69 Å². The van der Waals surface area contributed by atoms with Gasteiger partial charge in [0.15, 0.2) is 6.61 Å². The van der Waals surface area contributed by atoms with Crippen LogP contribution in [0.1, 0.15) is 37.3 Å². The number of aryl methyl sites for hydroxylation is 2. The first kappa shape index (κ1) is 23.1. The normalized spacial score (nSPS) is 14.8. The number of piperidine rings is 1. The zero-order valence-corrected chi connectivity index (χ0v) is 19.1. The summed E-state index contributed by atoms with van der Waals surface area (Å²) in [6.45, 7) is 6.91. The number of ether oxygens (including phenoxy) is 2. The summed E-state index contributed by atoms with van der Waals surface area (Å²) in [5.74, 6) is 0.663. The number of rotatable bonds is 8. The fourth-order valence-corrected chi connectivity index (χ4v) is 5.04. The number of nitrogens with one attached hydrogen (secondary N) is 1. The Morgan fingerprint density at radius 2 is 1.74 bits per heavy atom. The lowest BCUT2D eigenvalue weighted by molar-refractivity contribution is -0.118. The minimum atomic E-state index is -3.62. The Hall–Kier alpha value is -2.58. The quantitative estimate of drug-likeness (QED) is 0.665. The molecule has 168 valence electrons. The van der Waals surface area contributed by atoms with Crippen molar-refractivity contribution in [1.29, 1.82) is 0 Å². The van der Waals surface area contributed by atoms with E-state index in [1.54, 1.807) is 6.07 Å². The van der Waals surface area contributed by atoms with Crippen molar-refractivity contribution in [2.75, 3.05) is 31.6 Å². The van der Waals surface area contributed by atoms with Crippen LogP contribution in [0.3, 0.4) is 0 Å². The first-order valence-corrected chi connectivity index (χ1v) is 12.0. The van der Waals surface area contributed by atoms with Gasteiger partial charge in [0.2, 0.25) is 10.0 Å². The van der Waals surface area contributed by atoms with Crippen LogP contribution in [0.5, 0.6) is 11.5 Å². The smallest absolute Gasteiger partial charge is 0.262 e. The number of carbonyl (C=O) groups is 1. The highest BCUT2D eigenvalue weighted by atomic mass is 32.2. The van der Waals surface area contributed by atoms with Crippen LogP contribution in [-0.4, -0.2) is 44.9 Å². The van der Waals surface area contributed by atoms with Gasteiger partial charge >= 0.3 is 0 Å². The molecule has 8 heteroatoms. The lowest BCUT2D eigenvalue weighted by atomic mass is 10.1. The third kappa shape index (κ3) is 5.77. The van der Waals surface area contributed by atoms with Gasteiger partial charge in [0.05, 0.1) is 17.2 Å². The predicted octanol–water partition coefficient (Wildman–Crippen LogP) is 3.89. The van der Waals surface area contributed by atoms with E-state index >= 15 is 0 Å². The van der Waals surface area contributed by atoms with Crippen LogP contribution in [0.2, 0.25) is 0 Å². The summed E-state index contributed by atoms with van der Waals surface area (Å²) in [5, 5.41) is 2.74. The molecule has 1 aliphatic rings. The molecule has 1 aliphatic heterocycles. The summed E-state index contributed by atoms with van der Waals surface area (Å²) >= 11 is 0. The van der Waals surface area contributed by atoms with Crippen LogP contribution in [0.15, 0.2) is 41.3 Å². The van der Waals surface area contributed by atoms with Crippen molar-refractivity contribution in [3.05, 3.63) is 47.5 Å². The van der Waals surface area contributed by atoms with Crippen molar-refractivity contribution in [1.82, 2.24) is 4.31 Å². The second kappa shape index (κ2) is 10.2. The molecule has 1 heterocycles. The van der Waals surface area contributed by atoms with Gasteiger partial charge < -0.3 is 14.8 Å². The van der Waals surface area contributed by atoms with E-state index < -0.39 is 15.9 Å². The van der Waals surface area contributed by atoms with Gasteiger partial charge in [-0.1, -0.05) is 18.6 Å². The number of hydrogen-bond acceptors (Lipinski definition) is 5. The fraction of sp³-hybridized carbons (Fsp3) is 0.435. The van der Waals surface area contributed by atoms with Crippen molar-refractivity contribution in [3.8, 4) is 11.5 Å². The Labute approximate surface area is 184 Å². The van der Waals surface area contributed by atoms with Crippen LogP contribution in [0, 0.1) is 13.8 Å². The van der Waals surface area contributed by atoms with Crippen molar-refractivity contribution < 1.29 is 22.7 Å². The molecule has 2 aromatic rings. The van der Waals surface area contributed by atoms with E-state index in [0.29, 0.717) is 36.9 Å². The van der Waals surface area contributed by atoms with Gasteiger partial charge in [-0.05, 0) is 69.0 Å². The zero-order chi connectivity index (χ0) is 22.4. The van der Waals surface area contributed by atoms with Crippen LogP contribution < -0.4 is 14.8 Å². The second-order valence-corrected chi connectivity index (χ2v) is 9.60. The first-order valence-electron chi connectivity index (χ1n) is 10.6. The summed E-state index contributed by atoms with van der Waals surface area (Å²) in [5.41, 5.74) is 2.28. The van der Waals surface area contributed by atoms with E-state index in [4.69, 9.17) is 9.47 Å². The molecule has 2 aromatic carbocycles. The van der Waals surface area contributed by atoms with Gasteiger partial charge in [0.1, 0.15) is 11.5 Å². The van der Waals surface area contributed by atoms with E-state index in [1.165, 1.54) is 16.4 Å². The van der Waals surface area contributed by atoms with E-state index in [-0.39, 0.29) is 11.5 Å². The number of anilines is 1. The monoisotopic (exact) mass is 446 g/mol. The number of hydrogen-bond donors (Lipinski definition) is 1. The van der Waals surface area contributed by atoms with Gasteiger partial charge in [-0.25, -0.2) is 8.42 Å². The van der Waals surface area contributed by atoms with E-state index in [2.05, 4.69) is 5.32 Å². The topological polar surface area (TPSA) is 84.9 Å². The predicted molar refractivity (Wildman–Crippen MR) is 120 cm³/mol. The number of amides is 1. The van der Waals surface area contributed by atoms with Gasteiger partial charge in [-0.2, -0.15) is 4.31 Å². The highest BCUT2D eigenvalue weighted by Gasteiger charge is 2.27. The molecule has 3 rings (SSSR count). The molecular weight excluding hydrogens is 416 g/mol. The highest BCUT2D eigenvalue weighted by molar-refractivity contribution is 7.89. The van der Waals surface area contributed by atoms with Crippen molar-refractivity contribution in [2.45, 2.75) is 44.9 Å². The molecule has 1 N–H and O–H groups in total. The summed E-state index contributed by atoms with van der Waals surface area (Å²) < 4.78 is 38.8. The summed E-state index contributed by atoms with van der Waals surface area (Å²) in [6.07, 6.45) is 2.75. The number of benzene rings is 2. The fourth-order valence-electron chi connectivity index (χ4n) is 3.50. The third-order valence-corrected chi connectivity index (χ3v) is 7.07. The molecule has 0 bridgehead atoms. The molecule has 0 atom stereocenters. The Kier molecular flexibility index (Phi) is 7.56. The minimum Gasteiger partial charge on any atom is -0.492 e. The Morgan fingerprint density at radius 3 is 2.45 bits per heavy atom. The molecule has 7 nitrogen and oxygen atoms in total. The van der Waals surface area contributed by atoms with Crippen molar-refractivity contribution >= 4 is 21.6 Å². The van der Waals surface area contributed by atoms with Crippen LogP contribution in [-0.2, 0) is 14.8 Å². The SMILES string of the molecule is CCOc1ccc(S(=O)(=O)N2CCCCC2)cc1NC(=O)COc1cc(C)ccc1C. The average Bonchev–Trinajstić information content (AvgIpc) is 2.76. The number of nitrogens with zero attached hydrogens (tertiary/aromatic N) is 1. The summed E-state index contributed by atoms with van der Waals surface area (Å²) in [6, 6.07) is 10.4. The van der Waals surface area contributed by atoms with E-state index in [1.807, 2.05) is 39.0 Å². The Balaban J connectivity index is 1.77. The van der Waals surface area contributed by atoms with Crippen LogP contribution >= 0.6 is 0 Å². The van der Waals surface area contributed by atoms with E-state index in [0.717, 1.165) is 30.4 Å². The Morgan fingerprint density at radius 1 is 1.00 bits per heavy atom. The van der Waals surface area contributed by atoms with Gasteiger partial charge in [0.25, 0.3) is 5.91 Å². The first-order chi connectivity index (χ1) is 14.8. The molecule has 0 aromatic heterocycles. The number of sulfonamides is 1. The molecule has 0 spiro atoms. The van der Waals surface area contributed by atoms with Crippen LogP contribution in [0.25, 0.3) is 0 Å². The zero-order valence-electron chi connectivity index (χ0n) is 18.3. The molecule has 31 heavy (non-hydrogen) atoms. The molecule has 1 fully saturated rings. The lowest BCUT2D eigenvalue weighted by Crippen LogP contribution is -2.35. The van der Waals surface area contributed by atoms with E-state index in [9.17, 15) is 13.2 Å². The molecule has 1 amide bonds. The van der Waals surface area contributed by atoms with Gasteiger partial charge in [0, 0.05) is 13.1 Å². The molecule has 1 saturated heterocycles. The summed E-state index contributed by atoms with van der Waals surface area (Å²) in [7, 11) is -3.62. The maximum Gasteiger partial charge on any atom is 0.262 e. The Bertz CT molecular complexity index is 1030. The largest absolute Gasteiger partial charge is 0.492 e. The van der Waals surface area contributed by atoms with Crippen molar-refractivity contribution in [3.63, 3.8) is 0 Å². The van der Waals surface area contributed by atoms with Gasteiger partial charge in [-0.3, -0.25) is 4.79 Å². The standard InChI is InChI=1S/C23H30N2O5S/c1-4-29-21-11-10-19(31(27,28)25-12-6-5-7-13-25)15-20(21)24-23(26)16-30-22-14-17(2)8-9-18(22)3/h8-11,14-15H,4-7,12-13,16H2,1-3H3,(H,24,26). The number of carbonyl (C=O) groups excluding carboxylic acids is 1. The van der Waals surface area contributed by atoms with Crippen molar-refractivity contribution in [2.24, 2.45) is 0 Å². The third-order valence-electron chi connectivity index (χ3n) is 5.18. The molecule has 0 unspecified atom stereocenters.